The SMILES string of the molecule is CCNCc1ccc(Cl)cc1N(CCOC)C(C)COC. The van der Waals surface area contributed by atoms with Crippen LogP contribution in [-0.4, -0.2) is 46.6 Å². The highest BCUT2D eigenvalue weighted by Gasteiger charge is 2.17. The molecular weight excluding hydrogens is 288 g/mol. The first-order chi connectivity index (χ1) is 10.1. The highest BCUT2D eigenvalue weighted by Crippen LogP contribution is 2.26. The van der Waals surface area contributed by atoms with Gasteiger partial charge in [0.2, 0.25) is 0 Å². The molecule has 0 bridgehead atoms. The van der Waals surface area contributed by atoms with Gasteiger partial charge in [0.1, 0.15) is 0 Å². The number of methoxy groups -OCH3 is 2. The van der Waals surface area contributed by atoms with Crippen molar-refractivity contribution in [1.82, 2.24) is 5.32 Å². The molecule has 1 aromatic rings. The predicted molar refractivity (Wildman–Crippen MR) is 89.4 cm³/mol. The first-order valence-corrected chi connectivity index (χ1v) is 7.75. The molecule has 0 heterocycles. The summed E-state index contributed by atoms with van der Waals surface area (Å²) < 4.78 is 10.5. The van der Waals surface area contributed by atoms with Crippen LogP contribution in [0.3, 0.4) is 0 Å². The van der Waals surface area contributed by atoms with Gasteiger partial charge in [-0.25, -0.2) is 0 Å². The third-order valence-corrected chi connectivity index (χ3v) is 3.63. The van der Waals surface area contributed by atoms with Crippen LogP contribution in [0.5, 0.6) is 0 Å². The molecule has 1 N–H and O–H groups in total. The third kappa shape index (κ3) is 5.83. The molecule has 0 fully saturated rings. The fraction of sp³-hybridized carbons (Fsp3) is 0.625. The number of benzene rings is 1. The summed E-state index contributed by atoms with van der Waals surface area (Å²) in [6.45, 7) is 8.15. The van der Waals surface area contributed by atoms with Gasteiger partial charge in [-0.15, -0.1) is 0 Å². The Labute approximate surface area is 133 Å². The van der Waals surface area contributed by atoms with Gasteiger partial charge in [-0.2, -0.15) is 0 Å². The molecule has 1 atom stereocenters. The Morgan fingerprint density at radius 2 is 2.05 bits per heavy atom. The Morgan fingerprint density at radius 1 is 1.29 bits per heavy atom. The van der Waals surface area contributed by atoms with Crippen LogP contribution in [0, 0.1) is 0 Å². The molecule has 120 valence electrons. The number of anilines is 1. The lowest BCUT2D eigenvalue weighted by Gasteiger charge is -2.32. The minimum Gasteiger partial charge on any atom is -0.383 e. The smallest absolute Gasteiger partial charge is 0.0663 e. The third-order valence-electron chi connectivity index (χ3n) is 3.40. The number of rotatable bonds is 10. The highest BCUT2D eigenvalue weighted by molar-refractivity contribution is 6.30. The van der Waals surface area contributed by atoms with Crippen LogP contribution in [0.25, 0.3) is 0 Å². The van der Waals surface area contributed by atoms with E-state index in [9.17, 15) is 0 Å². The van der Waals surface area contributed by atoms with Gasteiger partial charge < -0.3 is 19.7 Å². The first-order valence-electron chi connectivity index (χ1n) is 7.37. The van der Waals surface area contributed by atoms with Gasteiger partial charge >= 0.3 is 0 Å². The van der Waals surface area contributed by atoms with Crippen molar-refractivity contribution >= 4 is 17.3 Å². The summed E-state index contributed by atoms with van der Waals surface area (Å²) in [4.78, 5) is 2.30. The Hall–Kier alpha value is -0.810. The van der Waals surface area contributed by atoms with E-state index in [2.05, 4.69) is 30.1 Å². The lowest BCUT2D eigenvalue weighted by molar-refractivity contribution is 0.171. The van der Waals surface area contributed by atoms with Crippen LogP contribution < -0.4 is 10.2 Å². The van der Waals surface area contributed by atoms with Crippen molar-refractivity contribution < 1.29 is 9.47 Å². The maximum atomic E-state index is 6.20. The van der Waals surface area contributed by atoms with E-state index in [1.54, 1.807) is 14.2 Å². The molecule has 0 aliphatic heterocycles. The lowest BCUT2D eigenvalue weighted by atomic mass is 10.1. The molecule has 5 heteroatoms. The average molecular weight is 315 g/mol. The number of nitrogens with zero attached hydrogens (tertiary/aromatic N) is 1. The zero-order valence-electron chi connectivity index (χ0n) is 13.5. The lowest BCUT2D eigenvalue weighted by Crippen LogP contribution is -2.39. The Balaban J connectivity index is 3.04. The van der Waals surface area contributed by atoms with E-state index in [-0.39, 0.29) is 6.04 Å². The summed E-state index contributed by atoms with van der Waals surface area (Å²) in [7, 11) is 3.44. The van der Waals surface area contributed by atoms with E-state index >= 15 is 0 Å². The van der Waals surface area contributed by atoms with Crippen molar-refractivity contribution in [3.05, 3.63) is 28.8 Å². The number of nitrogens with one attached hydrogen (secondary N) is 1. The Kier molecular flexibility index (Phi) is 8.69. The minimum atomic E-state index is 0.254. The summed E-state index contributed by atoms with van der Waals surface area (Å²) in [6, 6.07) is 6.30. The molecule has 1 unspecified atom stereocenters. The molecule has 0 aliphatic rings. The number of hydrogen-bond donors (Lipinski definition) is 1. The van der Waals surface area contributed by atoms with Gasteiger partial charge in [0.25, 0.3) is 0 Å². The van der Waals surface area contributed by atoms with Gasteiger partial charge in [0, 0.05) is 44.1 Å². The van der Waals surface area contributed by atoms with Crippen LogP contribution in [0.15, 0.2) is 18.2 Å². The van der Waals surface area contributed by atoms with Gasteiger partial charge in [0.05, 0.1) is 13.2 Å². The predicted octanol–water partition coefficient (Wildman–Crippen LogP) is 2.94. The van der Waals surface area contributed by atoms with Gasteiger partial charge in [-0.05, 0) is 31.2 Å². The molecule has 0 aliphatic carbocycles. The number of ether oxygens (including phenoxy) is 2. The van der Waals surface area contributed by atoms with E-state index < -0.39 is 0 Å². The molecule has 0 saturated carbocycles. The van der Waals surface area contributed by atoms with Crippen molar-refractivity contribution in [3.63, 3.8) is 0 Å². The minimum absolute atomic E-state index is 0.254. The van der Waals surface area contributed by atoms with Gasteiger partial charge in [-0.1, -0.05) is 24.6 Å². The van der Waals surface area contributed by atoms with Crippen molar-refractivity contribution in [2.24, 2.45) is 0 Å². The second-order valence-corrected chi connectivity index (χ2v) is 5.48. The molecule has 1 rings (SSSR count). The maximum absolute atomic E-state index is 6.20. The van der Waals surface area contributed by atoms with Crippen LogP contribution in [-0.2, 0) is 16.0 Å². The number of halogens is 1. The molecule has 0 saturated heterocycles. The zero-order chi connectivity index (χ0) is 15.7. The molecule has 4 nitrogen and oxygen atoms in total. The van der Waals surface area contributed by atoms with Crippen LogP contribution in [0.2, 0.25) is 5.02 Å². The summed E-state index contributed by atoms with van der Waals surface area (Å²) in [5.74, 6) is 0. The van der Waals surface area contributed by atoms with E-state index in [4.69, 9.17) is 21.1 Å². The summed E-state index contributed by atoms with van der Waals surface area (Å²) in [6.07, 6.45) is 0. The van der Waals surface area contributed by atoms with E-state index in [0.717, 1.165) is 30.3 Å². The topological polar surface area (TPSA) is 33.7 Å². The second kappa shape index (κ2) is 10.0. The van der Waals surface area contributed by atoms with Gasteiger partial charge in [-0.3, -0.25) is 0 Å². The fourth-order valence-electron chi connectivity index (χ4n) is 2.31. The highest BCUT2D eigenvalue weighted by atomic mass is 35.5. The van der Waals surface area contributed by atoms with Crippen molar-refractivity contribution in [3.8, 4) is 0 Å². The first kappa shape index (κ1) is 18.2. The molecule has 21 heavy (non-hydrogen) atoms. The number of hydrogen-bond acceptors (Lipinski definition) is 4. The largest absolute Gasteiger partial charge is 0.383 e. The molecule has 0 radical (unpaired) electrons. The van der Waals surface area contributed by atoms with E-state index in [0.29, 0.717) is 13.2 Å². The normalized spacial score (nSPS) is 12.4. The van der Waals surface area contributed by atoms with Crippen molar-refractivity contribution in [1.29, 1.82) is 0 Å². The molecular formula is C16H27ClN2O2. The standard InChI is InChI=1S/C16H27ClN2O2/c1-5-18-11-14-6-7-15(17)10-16(14)19(8-9-20-3)13(2)12-21-4/h6-7,10,13,18H,5,8-9,11-12H2,1-4H3. The molecule has 0 aromatic heterocycles. The summed E-state index contributed by atoms with van der Waals surface area (Å²) in [5, 5.41) is 4.12. The Bertz CT molecular complexity index is 415. The summed E-state index contributed by atoms with van der Waals surface area (Å²) in [5.41, 5.74) is 2.38. The Morgan fingerprint density at radius 3 is 2.67 bits per heavy atom. The monoisotopic (exact) mass is 314 g/mol. The van der Waals surface area contributed by atoms with Crippen molar-refractivity contribution in [2.75, 3.05) is 45.4 Å². The van der Waals surface area contributed by atoms with E-state index in [1.165, 1.54) is 5.56 Å². The van der Waals surface area contributed by atoms with Gasteiger partial charge in [0.15, 0.2) is 0 Å². The molecule has 0 spiro atoms. The van der Waals surface area contributed by atoms with E-state index in [1.807, 2.05) is 12.1 Å². The average Bonchev–Trinajstić information content (AvgIpc) is 2.47. The summed E-state index contributed by atoms with van der Waals surface area (Å²) >= 11 is 6.20. The van der Waals surface area contributed by atoms with Crippen molar-refractivity contribution in [2.45, 2.75) is 26.4 Å². The fourth-order valence-corrected chi connectivity index (χ4v) is 2.48. The maximum Gasteiger partial charge on any atom is 0.0663 e. The van der Waals surface area contributed by atoms with Crippen LogP contribution >= 0.6 is 11.6 Å². The van der Waals surface area contributed by atoms with Crippen LogP contribution in [0.4, 0.5) is 5.69 Å². The molecule has 0 amide bonds. The zero-order valence-corrected chi connectivity index (χ0v) is 14.2. The van der Waals surface area contributed by atoms with Crippen LogP contribution in [0.1, 0.15) is 19.4 Å². The quantitative estimate of drug-likeness (QED) is 0.720. The molecule has 1 aromatic carbocycles. The second-order valence-electron chi connectivity index (χ2n) is 5.04.